The molecule has 0 amide bonds. The number of hydrogen-bond donors (Lipinski definition) is 1. The first-order chi connectivity index (χ1) is 19.1. The molecule has 39 heavy (non-hydrogen) atoms. The Labute approximate surface area is 228 Å². The molecule has 0 unspecified atom stereocenters. The van der Waals surface area contributed by atoms with Gasteiger partial charge in [0.2, 0.25) is 5.88 Å². The van der Waals surface area contributed by atoms with Crippen LogP contribution in [0.3, 0.4) is 0 Å². The van der Waals surface area contributed by atoms with Crippen molar-refractivity contribution in [3.63, 3.8) is 0 Å². The molecule has 1 atom stereocenters. The lowest BCUT2D eigenvalue weighted by atomic mass is 10.2. The van der Waals surface area contributed by atoms with Gasteiger partial charge in [-0.15, -0.1) is 11.3 Å². The van der Waals surface area contributed by atoms with E-state index < -0.39 is 0 Å². The molecule has 1 saturated heterocycles. The summed E-state index contributed by atoms with van der Waals surface area (Å²) in [4.78, 5) is 22.2. The van der Waals surface area contributed by atoms with E-state index in [2.05, 4.69) is 31.9 Å². The smallest absolute Gasteiger partial charge is 0.222 e. The maximum Gasteiger partial charge on any atom is 0.222 e. The van der Waals surface area contributed by atoms with Crippen LogP contribution in [-0.4, -0.2) is 77.3 Å². The van der Waals surface area contributed by atoms with Gasteiger partial charge in [-0.1, -0.05) is 0 Å². The van der Waals surface area contributed by atoms with Crippen LogP contribution in [0.4, 0.5) is 11.6 Å². The summed E-state index contributed by atoms with van der Waals surface area (Å²) >= 11 is 1.69. The molecule has 5 aromatic heterocycles. The number of nitrogens with zero attached hydrogens (tertiary/aromatic N) is 9. The van der Waals surface area contributed by atoms with Gasteiger partial charge < -0.3 is 14.8 Å². The van der Waals surface area contributed by atoms with Gasteiger partial charge in [0, 0.05) is 68.0 Å². The van der Waals surface area contributed by atoms with Crippen LogP contribution in [0.25, 0.3) is 33.0 Å². The van der Waals surface area contributed by atoms with E-state index in [0.29, 0.717) is 29.9 Å². The summed E-state index contributed by atoms with van der Waals surface area (Å²) in [6.45, 7) is 6.96. The molecule has 4 bridgehead atoms. The van der Waals surface area contributed by atoms with Crippen molar-refractivity contribution in [3.8, 4) is 28.0 Å². The van der Waals surface area contributed by atoms with Crippen LogP contribution in [0, 0.1) is 0 Å². The topological polar surface area (TPSA) is 121 Å². The second kappa shape index (κ2) is 9.98. The van der Waals surface area contributed by atoms with Gasteiger partial charge in [0.1, 0.15) is 27.9 Å². The summed E-state index contributed by atoms with van der Waals surface area (Å²) in [6, 6.07) is 3.90. The lowest BCUT2D eigenvalue weighted by molar-refractivity contribution is 0.0346. The van der Waals surface area contributed by atoms with E-state index in [0.717, 1.165) is 66.4 Å². The molecule has 200 valence electrons. The van der Waals surface area contributed by atoms with Crippen molar-refractivity contribution >= 4 is 33.9 Å². The van der Waals surface area contributed by atoms with Crippen LogP contribution in [0.5, 0.6) is 5.88 Å². The van der Waals surface area contributed by atoms with Crippen LogP contribution in [0.15, 0.2) is 36.9 Å². The molecule has 0 radical (unpaired) electrons. The standard InChI is InChI=1S/C26H28N10O2S/c1-16-4-8-38-26-19(14-30-34(26)2)24-27-5-3-21(32-24)31-22-11-20-18(13-28-22)23(33-36(16)20)25-29-12-17(39-25)15-35-6-9-37-10-7-35/h3,5,11-14,16H,4,6-10,15H2,1-2H3,(H,27,28,31,32)/t16-/m0/s1. The van der Waals surface area contributed by atoms with E-state index in [-0.39, 0.29) is 6.04 Å². The quantitative estimate of drug-likeness (QED) is 0.360. The zero-order valence-corrected chi connectivity index (χ0v) is 22.6. The Bertz CT molecular complexity index is 1640. The molecule has 0 aromatic carbocycles. The van der Waals surface area contributed by atoms with Crippen molar-refractivity contribution in [2.24, 2.45) is 7.05 Å². The van der Waals surface area contributed by atoms with Crippen molar-refractivity contribution in [1.82, 2.24) is 44.4 Å². The van der Waals surface area contributed by atoms with Crippen molar-refractivity contribution in [2.45, 2.75) is 25.9 Å². The SMILES string of the molecule is C[C@H]1CCOc2c(cnn2C)-c2nccc(n2)Nc2cc3c(cn2)c(-c2ncc(CN4CCOCC4)s2)nn31. The van der Waals surface area contributed by atoms with Gasteiger partial charge in [0.25, 0.3) is 0 Å². The van der Waals surface area contributed by atoms with Gasteiger partial charge in [0.05, 0.1) is 37.6 Å². The monoisotopic (exact) mass is 544 g/mol. The first kappa shape index (κ1) is 24.1. The van der Waals surface area contributed by atoms with Gasteiger partial charge in [-0.05, 0) is 13.0 Å². The number of pyridine rings is 1. The third kappa shape index (κ3) is 4.62. The molecule has 0 saturated carbocycles. The van der Waals surface area contributed by atoms with E-state index in [4.69, 9.17) is 29.5 Å². The lowest BCUT2D eigenvalue weighted by Gasteiger charge is -2.25. The van der Waals surface area contributed by atoms with Crippen LogP contribution < -0.4 is 10.1 Å². The van der Waals surface area contributed by atoms with E-state index in [1.54, 1.807) is 28.4 Å². The van der Waals surface area contributed by atoms with Crippen molar-refractivity contribution in [2.75, 3.05) is 38.2 Å². The summed E-state index contributed by atoms with van der Waals surface area (Å²) in [6.07, 6.45) is 8.03. The minimum Gasteiger partial charge on any atom is -0.477 e. The highest BCUT2D eigenvalue weighted by atomic mass is 32.1. The van der Waals surface area contributed by atoms with Gasteiger partial charge in [0.15, 0.2) is 5.82 Å². The minimum atomic E-state index is 0.0676. The lowest BCUT2D eigenvalue weighted by Crippen LogP contribution is -2.35. The molecule has 1 N–H and O–H groups in total. The highest BCUT2D eigenvalue weighted by molar-refractivity contribution is 7.15. The molecule has 13 heteroatoms. The summed E-state index contributed by atoms with van der Waals surface area (Å²) < 4.78 is 15.5. The van der Waals surface area contributed by atoms with Gasteiger partial charge in [-0.3, -0.25) is 9.58 Å². The predicted molar refractivity (Wildman–Crippen MR) is 147 cm³/mol. The van der Waals surface area contributed by atoms with E-state index in [9.17, 15) is 0 Å². The maximum atomic E-state index is 6.21. The highest BCUT2D eigenvalue weighted by Crippen LogP contribution is 2.35. The number of ether oxygens (including phenoxy) is 2. The number of anilines is 2. The molecule has 2 aliphatic heterocycles. The third-order valence-corrected chi connectivity index (χ3v) is 8.05. The van der Waals surface area contributed by atoms with Crippen molar-refractivity contribution in [1.29, 1.82) is 0 Å². The number of hydrogen-bond acceptors (Lipinski definition) is 11. The van der Waals surface area contributed by atoms with Crippen LogP contribution >= 0.6 is 11.3 Å². The molecular formula is C26H28N10O2S. The molecule has 12 nitrogen and oxygen atoms in total. The number of morpholine rings is 1. The number of fused-ring (bicyclic) bond motifs is 5. The zero-order valence-electron chi connectivity index (χ0n) is 21.7. The van der Waals surface area contributed by atoms with Crippen molar-refractivity contribution in [3.05, 3.63) is 41.8 Å². The van der Waals surface area contributed by atoms with Crippen LogP contribution in [-0.2, 0) is 18.3 Å². The fraction of sp³-hybridized carbons (Fsp3) is 0.385. The maximum absolute atomic E-state index is 6.21. The van der Waals surface area contributed by atoms with E-state index in [1.807, 2.05) is 31.6 Å². The van der Waals surface area contributed by atoms with E-state index >= 15 is 0 Å². The second-order valence-corrected chi connectivity index (χ2v) is 10.9. The Morgan fingerprint density at radius 3 is 2.87 bits per heavy atom. The second-order valence-electron chi connectivity index (χ2n) is 9.76. The van der Waals surface area contributed by atoms with Gasteiger partial charge in [-0.25, -0.2) is 24.6 Å². The van der Waals surface area contributed by atoms with Gasteiger partial charge >= 0.3 is 0 Å². The Morgan fingerprint density at radius 2 is 1.97 bits per heavy atom. The summed E-state index contributed by atoms with van der Waals surface area (Å²) in [5.74, 6) is 2.48. The molecule has 7 heterocycles. The predicted octanol–water partition coefficient (Wildman–Crippen LogP) is 3.66. The number of nitrogens with one attached hydrogen (secondary N) is 1. The molecule has 0 aliphatic carbocycles. The molecule has 7 rings (SSSR count). The Hall–Kier alpha value is -3.94. The van der Waals surface area contributed by atoms with Crippen molar-refractivity contribution < 1.29 is 9.47 Å². The molecule has 5 aromatic rings. The first-order valence-corrected chi connectivity index (χ1v) is 13.8. The summed E-state index contributed by atoms with van der Waals surface area (Å²) in [5.41, 5.74) is 2.57. The summed E-state index contributed by atoms with van der Waals surface area (Å²) in [7, 11) is 1.85. The zero-order chi connectivity index (χ0) is 26.3. The molecule has 2 aliphatic rings. The number of rotatable bonds is 3. The van der Waals surface area contributed by atoms with Crippen LogP contribution in [0.2, 0.25) is 0 Å². The number of thiazole rings is 1. The largest absolute Gasteiger partial charge is 0.477 e. The first-order valence-electron chi connectivity index (χ1n) is 13.0. The van der Waals surface area contributed by atoms with Gasteiger partial charge in [-0.2, -0.15) is 10.2 Å². The number of aromatic nitrogens is 8. The fourth-order valence-corrected chi connectivity index (χ4v) is 5.91. The molecule has 0 spiro atoms. The van der Waals surface area contributed by atoms with E-state index in [1.165, 1.54) is 4.88 Å². The normalized spacial score (nSPS) is 17.9. The highest BCUT2D eigenvalue weighted by Gasteiger charge is 2.22. The third-order valence-electron chi connectivity index (χ3n) is 7.06. The number of aryl methyl sites for hydroxylation is 1. The van der Waals surface area contributed by atoms with Crippen LogP contribution in [0.1, 0.15) is 24.3 Å². The Balaban J connectivity index is 1.27. The average molecular weight is 545 g/mol. The molecule has 1 fully saturated rings. The fourth-order valence-electron chi connectivity index (χ4n) is 4.95. The Kier molecular flexibility index (Phi) is 6.18. The Morgan fingerprint density at radius 1 is 1.08 bits per heavy atom. The summed E-state index contributed by atoms with van der Waals surface area (Å²) in [5, 5.41) is 14.6. The minimum absolute atomic E-state index is 0.0676. The molecular weight excluding hydrogens is 516 g/mol. The average Bonchev–Trinajstić information content (AvgIpc) is 3.66.